The Labute approximate surface area is 95.2 Å². The predicted octanol–water partition coefficient (Wildman–Crippen LogP) is 1.77. The Morgan fingerprint density at radius 1 is 1.50 bits per heavy atom. The van der Waals surface area contributed by atoms with Crippen LogP contribution in [0.15, 0.2) is 24.3 Å². The van der Waals surface area contributed by atoms with Crippen LogP contribution in [0.2, 0.25) is 0 Å². The summed E-state index contributed by atoms with van der Waals surface area (Å²) in [4.78, 5) is 11.3. The fourth-order valence-electron chi connectivity index (χ4n) is 1.51. The van der Waals surface area contributed by atoms with E-state index in [1.54, 1.807) is 0 Å². The third kappa shape index (κ3) is 3.55. The van der Waals surface area contributed by atoms with Crippen LogP contribution in [0.3, 0.4) is 0 Å². The van der Waals surface area contributed by atoms with Gasteiger partial charge in [0.05, 0.1) is 12.6 Å². The van der Waals surface area contributed by atoms with Gasteiger partial charge < -0.3 is 15.2 Å². The average molecular weight is 223 g/mol. The molecule has 0 heterocycles. The van der Waals surface area contributed by atoms with Gasteiger partial charge in [-0.05, 0) is 25.0 Å². The molecular weight excluding hydrogens is 206 g/mol. The summed E-state index contributed by atoms with van der Waals surface area (Å²) in [6.07, 6.45) is -0.509. The van der Waals surface area contributed by atoms with Crippen molar-refractivity contribution in [2.75, 3.05) is 13.2 Å². The van der Waals surface area contributed by atoms with Gasteiger partial charge in [0.2, 0.25) is 0 Å². The number of benzene rings is 1. The number of alkyl carbamates (subject to hydrolysis) is 1. The average Bonchev–Trinajstić information content (AvgIpc) is 2.26. The van der Waals surface area contributed by atoms with E-state index >= 15 is 0 Å². The van der Waals surface area contributed by atoms with E-state index in [0.717, 1.165) is 11.1 Å². The lowest BCUT2D eigenvalue weighted by Gasteiger charge is -2.16. The second-order valence-electron chi connectivity index (χ2n) is 3.58. The Morgan fingerprint density at radius 2 is 2.19 bits per heavy atom. The Balaban J connectivity index is 2.55. The van der Waals surface area contributed by atoms with Crippen LogP contribution < -0.4 is 5.32 Å². The number of amides is 1. The number of carbonyl (C=O) groups is 1. The van der Waals surface area contributed by atoms with Crippen LogP contribution in [-0.4, -0.2) is 24.4 Å². The lowest BCUT2D eigenvalue weighted by Crippen LogP contribution is -2.28. The van der Waals surface area contributed by atoms with E-state index in [2.05, 4.69) is 5.32 Å². The monoisotopic (exact) mass is 223 g/mol. The summed E-state index contributed by atoms with van der Waals surface area (Å²) in [6.45, 7) is 3.74. The van der Waals surface area contributed by atoms with Crippen molar-refractivity contribution in [1.29, 1.82) is 0 Å². The number of aryl methyl sites for hydroxylation is 1. The van der Waals surface area contributed by atoms with Gasteiger partial charge in [0.1, 0.15) is 6.61 Å². The van der Waals surface area contributed by atoms with Crippen molar-refractivity contribution in [3.05, 3.63) is 35.4 Å². The molecule has 0 aromatic heterocycles. The molecule has 0 saturated heterocycles. The molecule has 1 rings (SSSR count). The molecule has 0 bridgehead atoms. The third-order valence-corrected chi connectivity index (χ3v) is 2.31. The SMILES string of the molecule is Cc1ccccc1[C@@H](C)NC(=O)OCCO. The highest BCUT2D eigenvalue weighted by Crippen LogP contribution is 2.16. The third-order valence-electron chi connectivity index (χ3n) is 2.31. The highest BCUT2D eigenvalue weighted by atomic mass is 16.6. The molecule has 0 spiro atoms. The van der Waals surface area contributed by atoms with Crippen LogP contribution in [0, 0.1) is 6.92 Å². The maximum atomic E-state index is 11.3. The van der Waals surface area contributed by atoms with Crippen molar-refractivity contribution in [3.63, 3.8) is 0 Å². The lowest BCUT2D eigenvalue weighted by atomic mass is 10.0. The number of hydrogen-bond acceptors (Lipinski definition) is 3. The van der Waals surface area contributed by atoms with Crippen molar-refractivity contribution >= 4 is 6.09 Å². The molecule has 4 nitrogen and oxygen atoms in total. The summed E-state index contributed by atoms with van der Waals surface area (Å²) in [6, 6.07) is 7.74. The van der Waals surface area contributed by atoms with Crippen LogP contribution in [0.25, 0.3) is 0 Å². The Bertz CT molecular complexity index is 352. The van der Waals surface area contributed by atoms with Gasteiger partial charge in [-0.15, -0.1) is 0 Å². The summed E-state index contributed by atoms with van der Waals surface area (Å²) in [5.41, 5.74) is 2.18. The minimum absolute atomic E-state index is 0.0202. The molecule has 1 aromatic carbocycles. The van der Waals surface area contributed by atoms with Gasteiger partial charge in [0.15, 0.2) is 0 Å². The number of aliphatic hydroxyl groups is 1. The molecular formula is C12H17NO3. The molecule has 1 aromatic rings. The van der Waals surface area contributed by atoms with Crippen LogP contribution in [-0.2, 0) is 4.74 Å². The summed E-state index contributed by atoms with van der Waals surface area (Å²) in [5.74, 6) is 0. The standard InChI is InChI=1S/C12H17NO3/c1-9-5-3-4-6-11(9)10(2)13-12(15)16-8-7-14/h3-6,10,14H,7-8H2,1-2H3,(H,13,15)/t10-/m1/s1. The van der Waals surface area contributed by atoms with Gasteiger partial charge in [-0.2, -0.15) is 0 Å². The largest absolute Gasteiger partial charge is 0.447 e. The zero-order valence-corrected chi connectivity index (χ0v) is 9.56. The molecule has 16 heavy (non-hydrogen) atoms. The molecule has 4 heteroatoms. The van der Waals surface area contributed by atoms with Crippen molar-refractivity contribution in [1.82, 2.24) is 5.32 Å². The Kier molecular flexibility index (Phi) is 4.79. The topological polar surface area (TPSA) is 58.6 Å². The minimum atomic E-state index is -0.509. The first-order chi connectivity index (χ1) is 7.65. The Hall–Kier alpha value is -1.55. The lowest BCUT2D eigenvalue weighted by molar-refractivity contribution is 0.116. The smallest absolute Gasteiger partial charge is 0.407 e. The second kappa shape index (κ2) is 6.12. The Morgan fingerprint density at radius 3 is 2.81 bits per heavy atom. The molecule has 1 amide bonds. The van der Waals surface area contributed by atoms with Crippen LogP contribution >= 0.6 is 0 Å². The number of rotatable bonds is 4. The normalized spacial score (nSPS) is 11.9. The quantitative estimate of drug-likeness (QED) is 0.818. The first kappa shape index (κ1) is 12.5. The number of aliphatic hydroxyl groups excluding tert-OH is 1. The number of nitrogens with one attached hydrogen (secondary N) is 1. The summed E-state index contributed by atoms with van der Waals surface area (Å²) >= 11 is 0. The fraction of sp³-hybridized carbons (Fsp3) is 0.417. The fourth-order valence-corrected chi connectivity index (χ4v) is 1.51. The van der Waals surface area contributed by atoms with Gasteiger partial charge in [-0.25, -0.2) is 4.79 Å². The van der Waals surface area contributed by atoms with Crippen LogP contribution in [0.1, 0.15) is 24.1 Å². The molecule has 0 aliphatic carbocycles. The molecule has 0 fully saturated rings. The van der Waals surface area contributed by atoms with E-state index in [4.69, 9.17) is 9.84 Å². The number of carbonyl (C=O) groups excluding carboxylic acids is 1. The highest BCUT2D eigenvalue weighted by molar-refractivity contribution is 5.67. The van der Waals surface area contributed by atoms with E-state index in [1.165, 1.54) is 0 Å². The second-order valence-corrected chi connectivity index (χ2v) is 3.58. The van der Waals surface area contributed by atoms with Crippen molar-refractivity contribution < 1.29 is 14.6 Å². The van der Waals surface area contributed by atoms with E-state index < -0.39 is 6.09 Å². The van der Waals surface area contributed by atoms with Crippen molar-refractivity contribution in [2.45, 2.75) is 19.9 Å². The van der Waals surface area contributed by atoms with E-state index in [-0.39, 0.29) is 19.3 Å². The number of ether oxygens (including phenoxy) is 1. The molecule has 0 radical (unpaired) electrons. The van der Waals surface area contributed by atoms with Gasteiger partial charge >= 0.3 is 6.09 Å². The minimum Gasteiger partial charge on any atom is -0.447 e. The van der Waals surface area contributed by atoms with Gasteiger partial charge in [-0.3, -0.25) is 0 Å². The van der Waals surface area contributed by atoms with Gasteiger partial charge in [-0.1, -0.05) is 24.3 Å². The number of hydrogen-bond donors (Lipinski definition) is 2. The molecule has 0 unspecified atom stereocenters. The maximum absolute atomic E-state index is 11.3. The van der Waals surface area contributed by atoms with E-state index in [9.17, 15) is 4.79 Å². The first-order valence-electron chi connectivity index (χ1n) is 5.25. The predicted molar refractivity (Wildman–Crippen MR) is 61.2 cm³/mol. The molecule has 1 atom stereocenters. The van der Waals surface area contributed by atoms with Gasteiger partial charge in [0.25, 0.3) is 0 Å². The van der Waals surface area contributed by atoms with E-state index in [1.807, 2.05) is 38.1 Å². The molecule has 2 N–H and O–H groups in total. The molecule has 0 saturated carbocycles. The zero-order valence-electron chi connectivity index (χ0n) is 9.56. The summed E-state index contributed by atoms with van der Waals surface area (Å²) in [5, 5.41) is 11.2. The van der Waals surface area contributed by atoms with Gasteiger partial charge in [0, 0.05) is 0 Å². The molecule has 88 valence electrons. The zero-order chi connectivity index (χ0) is 12.0. The van der Waals surface area contributed by atoms with E-state index in [0.29, 0.717) is 0 Å². The van der Waals surface area contributed by atoms with Crippen LogP contribution in [0.4, 0.5) is 4.79 Å². The highest BCUT2D eigenvalue weighted by Gasteiger charge is 2.11. The first-order valence-corrected chi connectivity index (χ1v) is 5.25. The van der Waals surface area contributed by atoms with Crippen molar-refractivity contribution in [2.24, 2.45) is 0 Å². The van der Waals surface area contributed by atoms with Crippen molar-refractivity contribution in [3.8, 4) is 0 Å². The maximum Gasteiger partial charge on any atom is 0.407 e. The molecule has 0 aliphatic heterocycles. The van der Waals surface area contributed by atoms with Crippen LogP contribution in [0.5, 0.6) is 0 Å². The molecule has 0 aliphatic rings. The summed E-state index contributed by atoms with van der Waals surface area (Å²) in [7, 11) is 0. The summed E-state index contributed by atoms with van der Waals surface area (Å²) < 4.78 is 4.72.